The van der Waals surface area contributed by atoms with Gasteiger partial charge in [-0.3, -0.25) is 4.79 Å². The van der Waals surface area contributed by atoms with Crippen molar-refractivity contribution in [3.8, 4) is 0 Å². The van der Waals surface area contributed by atoms with Gasteiger partial charge in [-0.05, 0) is 25.7 Å². The summed E-state index contributed by atoms with van der Waals surface area (Å²) in [6.45, 7) is 2.14. The van der Waals surface area contributed by atoms with E-state index in [1.165, 1.54) is 0 Å². The maximum absolute atomic E-state index is 11.3. The Kier molecular flexibility index (Phi) is 2.88. The monoisotopic (exact) mass is 197 g/mol. The SMILES string of the molecule is CO[C@H]1C[C@@H]2CCC(=O)C[C@@H]2N[C@H]1C. The highest BCUT2D eigenvalue weighted by molar-refractivity contribution is 5.79. The highest BCUT2D eigenvalue weighted by Crippen LogP contribution is 2.31. The van der Waals surface area contributed by atoms with Gasteiger partial charge in [0.25, 0.3) is 0 Å². The molecule has 2 rings (SSSR count). The van der Waals surface area contributed by atoms with Gasteiger partial charge in [-0.1, -0.05) is 0 Å². The summed E-state index contributed by atoms with van der Waals surface area (Å²) in [5.74, 6) is 1.07. The van der Waals surface area contributed by atoms with Gasteiger partial charge in [-0.15, -0.1) is 0 Å². The molecule has 0 aromatic carbocycles. The van der Waals surface area contributed by atoms with Crippen LogP contribution in [0.3, 0.4) is 0 Å². The first kappa shape index (κ1) is 10.1. The van der Waals surface area contributed by atoms with Crippen LogP contribution in [0.15, 0.2) is 0 Å². The average molecular weight is 197 g/mol. The number of ether oxygens (including phenoxy) is 1. The van der Waals surface area contributed by atoms with E-state index in [9.17, 15) is 4.79 Å². The zero-order chi connectivity index (χ0) is 10.1. The van der Waals surface area contributed by atoms with Crippen molar-refractivity contribution in [1.29, 1.82) is 0 Å². The number of hydrogen-bond donors (Lipinski definition) is 1. The molecule has 0 amide bonds. The number of nitrogens with one attached hydrogen (secondary N) is 1. The average Bonchev–Trinajstić information content (AvgIpc) is 2.16. The third-order valence-corrected chi connectivity index (χ3v) is 3.68. The Labute approximate surface area is 85.2 Å². The van der Waals surface area contributed by atoms with E-state index in [1.54, 1.807) is 7.11 Å². The first-order valence-corrected chi connectivity index (χ1v) is 5.51. The van der Waals surface area contributed by atoms with Crippen molar-refractivity contribution in [3.63, 3.8) is 0 Å². The van der Waals surface area contributed by atoms with Gasteiger partial charge in [0, 0.05) is 32.0 Å². The van der Waals surface area contributed by atoms with Crippen LogP contribution in [-0.4, -0.2) is 31.1 Å². The van der Waals surface area contributed by atoms with Crippen LogP contribution in [0.25, 0.3) is 0 Å². The Morgan fingerprint density at radius 1 is 1.50 bits per heavy atom. The molecule has 1 aliphatic heterocycles. The van der Waals surface area contributed by atoms with Gasteiger partial charge in [0.2, 0.25) is 0 Å². The minimum absolute atomic E-state index is 0.324. The highest BCUT2D eigenvalue weighted by atomic mass is 16.5. The van der Waals surface area contributed by atoms with Crippen LogP contribution in [0.2, 0.25) is 0 Å². The summed E-state index contributed by atoms with van der Waals surface area (Å²) in [6.07, 6.45) is 3.98. The fourth-order valence-corrected chi connectivity index (χ4v) is 2.79. The molecule has 0 aromatic heterocycles. The Bertz CT molecular complexity index is 229. The lowest BCUT2D eigenvalue weighted by Gasteiger charge is -2.42. The lowest BCUT2D eigenvalue weighted by atomic mass is 9.76. The first-order valence-electron chi connectivity index (χ1n) is 5.51. The van der Waals surface area contributed by atoms with E-state index in [-0.39, 0.29) is 0 Å². The van der Waals surface area contributed by atoms with Gasteiger partial charge in [0.1, 0.15) is 5.78 Å². The molecule has 4 atom stereocenters. The number of piperidine rings is 1. The summed E-state index contributed by atoms with van der Waals surface area (Å²) in [5.41, 5.74) is 0. The van der Waals surface area contributed by atoms with E-state index >= 15 is 0 Å². The second-order valence-corrected chi connectivity index (χ2v) is 4.61. The summed E-state index contributed by atoms with van der Waals surface area (Å²) >= 11 is 0. The van der Waals surface area contributed by atoms with Crippen LogP contribution in [0, 0.1) is 5.92 Å². The van der Waals surface area contributed by atoms with Crippen LogP contribution >= 0.6 is 0 Å². The second-order valence-electron chi connectivity index (χ2n) is 4.61. The van der Waals surface area contributed by atoms with Crippen molar-refractivity contribution in [2.45, 2.75) is 50.8 Å². The Morgan fingerprint density at radius 2 is 2.29 bits per heavy atom. The molecule has 1 N–H and O–H groups in total. The largest absolute Gasteiger partial charge is 0.380 e. The molecule has 1 aliphatic carbocycles. The van der Waals surface area contributed by atoms with E-state index < -0.39 is 0 Å². The van der Waals surface area contributed by atoms with Gasteiger partial charge >= 0.3 is 0 Å². The normalized spacial score (nSPS) is 43.4. The van der Waals surface area contributed by atoms with Gasteiger partial charge < -0.3 is 10.1 Å². The maximum atomic E-state index is 11.3. The van der Waals surface area contributed by atoms with Crippen molar-refractivity contribution in [2.24, 2.45) is 5.92 Å². The third kappa shape index (κ3) is 1.84. The van der Waals surface area contributed by atoms with Crippen LogP contribution in [0.1, 0.15) is 32.6 Å². The number of Topliss-reactive ketones (excluding diaryl/α,β-unsaturated/α-hetero) is 1. The zero-order valence-electron chi connectivity index (χ0n) is 8.95. The fourth-order valence-electron chi connectivity index (χ4n) is 2.79. The zero-order valence-corrected chi connectivity index (χ0v) is 8.95. The summed E-state index contributed by atoms with van der Waals surface area (Å²) in [4.78, 5) is 11.3. The standard InChI is InChI=1S/C11H19NO2/c1-7-11(14-2)5-8-3-4-9(13)6-10(8)12-7/h7-8,10-12H,3-6H2,1-2H3/t7-,8-,10-,11-/m0/s1. The number of carbonyl (C=O) groups excluding carboxylic acids is 1. The minimum Gasteiger partial charge on any atom is -0.380 e. The molecule has 0 radical (unpaired) electrons. The number of hydrogen-bond acceptors (Lipinski definition) is 3. The van der Waals surface area contributed by atoms with E-state index in [0.717, 1.165) is 25.7 Å². The van der Waals surface area contributed by atoms with Crippen molar-refractivity contribution in [2.75, 3.05) is 7.11 Å². The molecule has 0 unspecified atom stereocenters. The Morgan fingerprint density at radius 3 is 3.00 bits per heavy atom. The molecule has 1 saturated heterocycles. The molecule has 2 fully saturated rings. The molecule has 1 heterocycles. The molecule has 2 aliphatic rings. The molecule has 80 valence electrons. The number of fused-ring (bicyclic) bond motifs is 1. The van der Waals surface area contributed by atoms with Gasteiger partial charge in [-0.2, -0.15) is 0 Å². The molecule has 14 heavy (non-hydrogen) atoms. The molecule has 0 spiro atoms. The highest BCUT2D eigenvalue weighted by Gasteiger charge is 2.37. The molecule has 3 nitrogen and oxygen atoms in total. The topological polar surface area (TPSA) is 38.3 Å². The first-order chi connectivity index (χ1) is 6.70. The van der Waals surface area contributed by atoms with Crippen molar-refractivity contribution in [3.05, 3.63) is 0 Å². The quantitative estimate of drug-likeness (QED) is 0.684. The van der Waals surface area contributed by atoms with Crippen LogP contribution in [0.4, 0.5) is 0 Å². The third-order valence-electron chi connectivity index (χ3n) is 3.68. The van der Waals surface area contributed by atoms with Crippen molar-refractivity contribution in [1.82, 2.24) is 5.32 Å². The molecule has 0 aromatic rings. The van der Waals surface area contributed by atoms with Crippen LogP contribution < -0.4 is 5.32 Å². The minimum atomic E-state index is 0.324. The molecular weight excluding hydrogens is 178 g/mol. The van der Waals surface area contributed by atoms with E-state index in [1.807, 2.05) is 0 Å². The lowest BCUT2D eigenvalue weighted by Crippen LogP contribution is -2.55. The van der Waals surface area contributed by atoms with Gasteiger partial charge in [0.15, 0.2) is 0 Å². The molecule has 3 heteroatoms. The molecular formula is C11H19NO2. The number of rotatable bonds is 1. The Hall–Kier alpha value is -0.410. The van der Waals surface area contributed by atoms with E-state index in [0.29, 0.717) is 29.9 Å². The van der Waals surface area contributed by atoms with Gasteiger partial charge in [0.05, 0.1) is 6.10 Å². The van der Waals surface area contributed by atoms with Crippen LogP contribution in [0.5, 0.6) is 0 Å². The molecule has 0 bridgehead atoms. The summed E-state index contributed by atoms with van der Waals surface area (Å²) < 4.78 is 5.43. The Balaban J connectivity index is 2.00. The summed E-state index contributed by atoms with van der Waals surface area (Å²) in [5, 5.41) is 3.50. The maximum Gasteiger partial charge on any atom is 0.134 e. The van der Waals surface area contributed by atoms with Crippen molar-refractivity contribution < 1.29 is 9.53 Å². The predicted molar refractivity (Wildman–Crippen MR) is 54.1 cm³/mol. The van der Waals surface area contributed by atoms with Crippen molar-refractivity contribution >= 4 is 5.78 Å². The fraction of sp³-hybridized carbons (Fsp3) is 0.909. The number of carbonyl (C=O) groups is 1. The lowest BCUT2D eigenvalue weighted by molar-refractivity contribution is -0.123. The number of methoxy groups -OCH3 is 1. The molecule has 1 saturated carbocycles. The predicted octanol–water partition coefficient (Wildman–Crippen LogP) is 1.12. The summed E-state index contributed by atoms with van der Waals surface area (Å²) in [6, 6.07) is 0.796. The second kappa shape index (κ2) is 3.99. The smallest absolute Gasteiger partial charge is 0.134 e. The number of ketones is 1. The van der Waals surface area contributed by atoms with E-state index in [2.05, 4.69) is 12.2 Å². The van der Waals surface area contributed by atoms with E-state index in [4.69, 9.17) is 4.74 Å². The summed E-state index contributed by atoms with van der Waals surface area (Å²) in [7, 11) is 1.77. The van der Waals surface area contributed by atoms with Gasteiger partial charge in [-0.25, -0.2) is 0 Å². The van der Waals surface area contributed by atoms with Crippen LogP contribution in [-0.2, 0) is 9.53 Å².